The number of hydrogen-bond acceptors (Lipinski definition) is 2. The maximum atomic E-state index is 12.1. The van der Waals surface area contributed by atoms with Crippen LogP contribution in [0.2, 0.25) is 5.02 Å². The molecule has 0 aliphatic carbocycles. The molecule has 1 aliphatic rings. The Morgan fingerprint density at radius 1 is 1.47 bits per heavy atom. The fraction of sp³-hybridized carbons (Fsp3) is 0.533. The summed E-state index contributed by atoms with van der Waals surface area (Å²) in [4.78, 5) is 14.4. The number of aryl methyl sites for hydroxylation is 1. The van der Waals surface area contributed by atoms with E-state index in [1.165, 1.54) is 12.8 Å². The Kier molecular flexibility index (Phi) is 4.83. The van der Waals surface area contributed by atoms with Gasteiger partial charge in [0.2, 0.25) is 5.91 Å². The largest absolute Gasteiger partial charge is 0.326 e. The third-order valence-corrected chi connectivity index (χ3v) is 4.05. The Balaban J connectivity index is 1.95. The molecule has 19 heavy (non-hydrogen) atoms. The number of anilines is 1. The predicted molar refractivity (Wildman–Crippen MR) is 79.7 cm³/mol. The molecule has 3 nitrogen and oxygen atoms in total. The molecule has 4 heteroatoms. The first-order valence-corrected chi connectivity index (χ1v) is 7.20. The van der Waals surface area contributed by atoms with E-state index in [-0.39, 0.29) is 5.91 Å². The smallest absolute Gasteiger partial charge is 0.225 e. The second kappa shape index (κ2) is 6.40. The van der Waals surface area contributed by atoms with E-state index in [1.54, 1.807) is 6.07 Å². The first-order chi connectivity index (χ1) is 9.06. The predicted octanol–water partition coefficient (Wildman–Crippen LogP) is 3.46. The Morgan fingerprint density at radius 3 is 3.00 bits per heavy atom. The van der Waals surface area contributed by atoms with Gasteiger partial charge in [-0.3, -0.25) is 4.79 Å². The first kappa shape index (κ1) is 14.4. The lowest BCUT2D eigenvalue weighted by Gasteiger charge is -2.32. The van der Waals surface area contributed by atoms with Crippen molar-refractivity contribution in [2.75, 3.05) is 18.9 Å². The number of benzene rings is 1. The average Bonchev–Trinajstić information content (AvgIpc) is 2.37. The molecule has 0 aromatic heterocycles. The van der Waals surface area contributed by atoms with Crippen molar-refractivity contribution in [3.63, 3.8) is 0 Å². The zero-order chi connectivity index (χ0) is 13.8. The summed E-state index contributed by atoms with van der Waals surface area (Å²) in [5, 5.41) is 3.62. The lowest BCUT2D eigenvalue weighted by atomic mass is 10.00. The highest BCUT2D eigenvalue weighted by atomic mass is 35.5. The Hall–Kier alpha value is -1.06. The molecule has 0 spiro atoms. The van der Waals surface area contributed by atoms with Crippen LogP contribution in [0.3, 0.4) is 0 Å². The van der Waals surface area contributed by atoms with Crippen molar-refractivity contribution in [1.82, 2.24) is 4.90 Å². The van der Waals surface area contributed by atoms with E-state index in [4.69, 9.17) is 11.6 Å². The summed E-state index contributed by atoms with van der Waals surface area (Å²) < 4.78 is 0. The molecule has 1 fully saturated rings. The molecule has 1 heterocycles. The summed E-state index contributed by atoms with van der Waals surface area (Å²) in [6.07, 6.45) is 4.13. The maximum Gasteiger partial charge on any atom is 0.225 e. The van der Waals surface area contributed by atoms with Crippen LogP contribution in [0.25, 0.3) is 0 Å². The van der Waals surface area contributed by atoms with Gasteiger partial charge >= 0.3 is 0 Å². The lowest BCUT2D eigenvalue weighted by molar-refractivity contribution is -0.117. The number of likely N-dealkylation sites (tertiary alicyclic amines) is 1. The van der Waals surface area contributed by atoms with Crippen molar-refractivity contribution >= 4 is 23.2 Å². The van der Waals surface area contributed by atoms with E-state index in [9.17, 15) is 4.79 Å². The molecular formula is C15H21ClN2O. The van der Waals surface area contributed by atoms with Gasteiger partial charge in [-0.25, -0.2) is 0 Å². The molecule has 1 N–H and O–H groups in total. The molecule has 2 rings (SSSR count). The fourth-order valence-corrected chi connectivity index (χ4v) is 2.72. The summed E-state index contributed by atoms with van der Waals surface area (Å²) in [7, 11) is 2.10. The molecule has 1 aliphatic heterocycles. The molecule has 1 amide bonds. The number of halogens is 1. The third-order valence-electron chi connectivity index (χ3n) is 3.82. The Labute approximate surface area is 119 Å². The highest BCUT2D eigenvalue weighted by molar-refractivity contribution is 6.31. The maximum absolute atomic E-state index is 12.1. The third kappa shape index (κ3) is 3.95. The van der Waals surface area contributed by atoms with Crippen molar-refractivity contribution in [2.24, 2.45) is 0 Å². The topological polar surface area (TPSA) is 32.3 Å². The van der Waals surface area contributed by atoms with Gasteiger partial charge in [-0.15, -0.1) is 0 Å². The van der Waals surface area contributed by atoms with E-state index in [0.717, 1.165) is 24.2 Å². The standard InChI is InChI=1S/C15H21ClN2O/c1-11-6-7-12(16)9-14(11)17-15(19)10-13-5-3-4-8-18(13)2/h6-7,9,13H,3-5,8,10H2,1-2H3,(H,17,19). The van der Waals surface area contributed by atoms with Crippen LogP contribution in [0.5, 0.6) is 0 Å². The van der Waals surface area contributed by atoms with Gasteiger partial charge in [0.15, 0.2) is 0 Å². The van der Waals surface area contributed by atoms with Crippen LogP contribution in [0.4, 0.5) is 5.69 Å². The van der Waals surface area contributed by atoms with Gasteiger partial charge in [0.25, 0.3) is 0 Å². The number of nitrogens with zero attached hydrogens (tertiary/aromatic N) is 1. The summed E-state index contributed by atoms with van der Waals surface area (Å²) in [5.41, 5.74) is 1.85. The van der Waals surface area contributed by atoms with Crippen molar-refractivity contribution in [3.05, 3.63) is 28.8 Å². The van der Waals surface area contributed by atoms with Gasteiger partial charge < -0.3 is 10.2 Å². The van der Waals surface area contributed by atoms with E-state index in [0.29, 0.717) is 17.5 Å². The molecule has 0 radical (unpaired) electrons. The molecule has 0 saturated carbocycles. The van der Waals surface area contributed by atoms with E-state index in [1.807, 2.05) is 19.1 Å². The van der Waals surface area contributed by atoms with Gasteiger partial charge in [-0.05, 0) is 51.1 Å². The van der Waals surface area contributed by atoms with Gasteiger partial charge in [0, 0.05) is 23.2 Å². The van der Waals surface area contributed by atoms with Gasteiger partial charge in [0.05, 0.1) is 0 Å². The molecule has 1 atom stereocenters. The van der Waals surface area contributed by atoms with E-state index >= 15 is 0 Å². The molecule has 1 saturated heterocycles. The molecule has 104 valence electrons. The molecule has 0 bridgehead atoms. The number of carbonyl (C=O) groups is 1. The quantitative estimate of drug-likeness (QED) is 0.920. The van der Waals surface area contributed by atoms with Crippen LogP contribution < -0.4 is 5.32 Å². The van der Waals surface area contributed by atoms with Crippen molar-refractivity contribution in [1.29, 1.82) is 0 Å². The lowest BCUT2D eigenvalue weighted by Crippen LogP contribution is -2.38. The summed E-state index contributed by atoms with van der Waals surface area (Å²) in [6, 6.07) is 5.93. The second-order valence-corrected chi connectivity index (χ2v) is 5.78. The summed E-state index contributed by atoms with van der Waals surface area (Å²) in [6.45, 7) is 3.06. The number of hydrogen-bond donors (Lipinski definition) is 1. The van der Waals surface area contributed by atoms with Crippen LogP contribution in [0.15, 0.2) is 18.2 Å². The highest BCUT2D eigenvalue weighted by Crippen LogP contribution is 2.22. The molecule has 1 unspecified atom stereocenters. The van der Waals surface area contributed by atoms with Gasteiger partial charge in [-0.2, -0.15) is 0 Å². The Morgan fingerprint density at radius 2 is 2.26 bits per heavy atom. The molecular weight excluding hydrogens is 260 g/mol. The number of piperidine rings is 1. The fourth-order valence-electron chi connectivity index (χ4n) is 2.55. The molecule has 1 aromatic rings. The minimum absolute atomic E-state index is 0.0733. The average molecular weight is 281 g/mol. The number of amides is 1. The van der Waals surface area contributed by atoms with Gasteiger partial charge in [-0.1, -0.05) is 24.1 Å². The minimum atomic E-state index is 0.0733. The summed E-state index contributed by atoms with van der Waals surface area (Å²) >= 11 is 5.96. The minimum Gasteiger partial charge on any atom is -0.326 e. The number of rotatable bonds is 3. The van der Waals surface area contributed by atoms with Crippen LogP contribution in [-0.2, 0) is 4.79 Å². The number of nitrogens with one attached hydrogen (secondary N) is 1. The normalized spacial score (nSPS) is 20.3. The Bertz CT molecular complexity index is 461. The van der Waals surface area contributed by atoms with E-state index in [2.05, 4.69) is 17.3 Å². The second-order valence-electron chi connectivity index (χ2n) is 5.34. The van der Waals surface area contributed by atoms with Crippen molar-refractivity contribution in [3.8, 4) is 0 Å². The molecule has 1 aromatic carbocycles. The van der Waals surface area contributed by atoms with Crippen LogP contribution in [-0.4, -0.2) is 30.4 Å². The van der Waals surface area contributed by atoms with Crippen molar-refractivity contribution < 1.29 is 4.79 Å². The van der Waals surface area contributed by atoms with Gasteiger partial charge in [0.1, 0.15) is 0 Å². The van der Waals surface area contributed by atoms with E-state index < -0.39 is 0 Å². The van der Waals surface area contributed by atoms with Crippen LogP contribution in [0, 0.1) is 6.92 Å². The monoisotopic (exact) mass is 280 g/mol. The zero-order valence-corrected chi connectivity index (χ0v) is 12.3. The highest BCUT2D eigenvalue weighted by Gasteiger charge is 2.21. The van der Waals surface area contributed by atoms with Crippen LogP contribution in [0.1, 0.15) is 31.2 Å². The summed E-state index contributed by atoms with van der Waals surface area (Å²) in [5.74, 6) is 0.0733. The number of carbonyl (C=O) groups excluding carboxylic acids is 1. The first-order valence-electron chi connectivity index (χ1n) is 6.82. The SMILES string of the molecule is Cc1ccc(Cl)cc1NC(=O)CC1CCCCN1C. The van der Waals surface area contributed by atoms with Crippen molar-refractivity contribution in [2.45, 2.75) is 38.6 Å². The van der Waals surface area contributed by atoms with Crippen LogP contribution >= 0.6 is 11.6 Å². The zero-order valence-electron chi connectivity index (χ0n) is 11.6.